The minimum absolute atomic E-state index is 0.294. The maximum atomic E-state index is 14.5. The van der Waals surface area contributed by atoms with Gasteiger partial charge in [0.1, 0.15) is 11.5 Å². The molecule has 1 fully saturated rings. The molecule has 0 radical (unpaired) electrons. The van der Waals surface area contributed by atoms with Crippen molar-refractivity contribution in [1.82, 2.24) is 40.8 Å². The van der Waals surface area contributed by atoms with Gasteiger partial charge in [0.05, 0.1) is 22.9 Å². The van der Waals surface area contributed by atoms with Gasteiger partial charge < -0.3 is 15.6 Å². The third kappa shape index (κ3) is 8.12. The zero-order chi connectivity index (χ0) is 34.6. The molecule has 4 aromatic heterocycles. The van der Waals surface area contributed by atoms with Gasteiger partial charge >= 0.3 is 0 Å². The number of H-pyrrole nitrogens is 2. The number of nitrogens with one attached hydrogen (secondary N) is 4. The second-order valence-electron chi connectivity index (χ2n) is 11.1. The summed E-state index contributed by atoms with van der Waals surface area (Å²) in [6.07, 6.45) is 14.2. The Balaban J connectivity index is 0.000000986. The molecule has 1 aliphatic carbocycles. The Hall–Kier alpha value is -5.37. The van der Waals surface area contributed by atoms with Crippen LogP contribution < -0.4 is 10.6 Å². The van der Waals surface area contributed by atoms with E-state index >= 15 is 0 Å². The highest BCUT2D eigenvalue weighted by atomic mass is 19.1. The lowest BCUT2D eigenvalue weighted by molar-refractivity contribution is 0.607. The Bertz CT molecular complexity index is 1980. The van der Waals surface area contributed by atoms with Crippen molar-refractivity contribution in [2.24, 2.45) is 5.92 Å². The Morgan fingerprint density at radius 2 is 1.88 bits per heavy atom. The van der Waals surface area contributed by atoms with Crippen molar-refractivity contribution in [1.29, 1.82) is 0 Å². The quantitative estimate of drug-likeness (QED) is 0.0892. The van der Waals surface area contributed by atoms with Crippen molar-refractivity contribution >= 4 is 27.6 Å². The number of hydrogen-bond donors (Lipinski definition) is 4. The Labute approximate surface area is 282 Å². The molecular weight excluding hydrogens is 599 g/mol. The van der Waals surface area contributed by atoms with Crippen LogP contribution in [0.4, 0.5) is 4.39 Å². The summed E-state index contributed by atoms with van der Waals surface area (Å²) in [5, 5.41) is 15.1. The van der Waals surface area contributed by atoms with Gasteiger partial charge in [-0.15, -0.1) is 5.73 Å². The van der Waals surface area contributed by atoms with E-state index in [-0.39, 0.29) is 5.82 Å². The van der Waals surface area contributed by atoms with E-state index in [9.17, 15) is 4.39 Å². The van der Waals surface area contributed by atoms with Crippen molar-refractivity contribution in [3.63, 3.8) is 0 Å². The van der Waals surface area contributed by atoms with Gasteiger partial charge in [0, 0.05) is 35.1 Å². The molecule has 4 N–H and O–H groups in total. The molecule has 248 valence electrons. The number of benzene rings is 1. The number of aromatic amines is 2. The molecule has 48 heavy (non-hydrogen) atoms. The molecule has 0 atom stereocenters. The predicted molar refractivity (Wildman–Crippen MR) is 197 cm³/mol. The number of aromatic nitrogens is 6. The minimum atomic E-state index is -0.294. The molecule has 0 saturated heterocycles. The molecule has 0 amide bonds. The molecule has 1 aromatic carbocycles. The van der Waals surface area contributed by atoms with E-state index in [1.807, 2.05) is 64.2 Å². The summed E-state index contributed by atoms with van der Waals surface area (Å²) >= 11 is 0. The van der Waals surface area contributed by atoms with E-state index in [0.29, 0.717) is 35.1 Å². The number of imidazole rings is 1. The molecule has 1 aliphatic rings. The third-order valence-electron chi connectivity index (χ3n) is 8.00. The van der Waals surface area contributed by atoms with Gasteiger partial charge in [-0.25, -0.2) is 14.4 Å². The summed E-state index contributed by atoms with van der Waals surface area (Å²) in [5.74, 6) is 0.761. The highest BCUT2D eigenvalue weighted by Crippen LogP contribution is 2.33. The predicted octanol–water partition coefficient (Wildman–Crippen LogP) is 9.17. The first-order chi connectivity index (χ1) is 23.4. The molecule has 5 aromatic rings. The normalized spacial score (nSPS) is 13.4. The van der Waals surface area contributed by atoms with Crippen LogP contribution in [0.3, 0.4) is 0 Å². The number of rotatable bonds is 10. The van der Waals surface area contributed by atoms with Gasteiger partial charge in [-0.3, -0.25) is 10.1 Å². The van der Waals surface area contributed by atoms with Gasteiger partial charge in [0.15, 0.2) is 11.5 Å². The van der Waals surface area contributed by atoms with Crippen LogP contribution in [-0.2, 0) is 6.54 Å². The maximum absolute atomic E-state index is 14.5. The zero-order valence-corrected chi connectivity index (χ0v) is 28.4. The fraction of sp³-hybridized carbons (Fsp3) is 0.256. The van der Waals surface area contributed by atoms with Gasteiger partial charge in [-0.2, -0.15) is 5.10 Å². The second kappa shape index (κ2) is 17.0. The van der Waals surface area contributed by atoms with Crippen LogP contribution >= 0.6 is 0 Å². The van der Waals surface area contributed by atoms with Gasteiger partial charge in [-0.1, -0.05) is 59.1 Å². The smallest absolute Gasteiger partial charge is 0.178 e. The molecule has 0 unspecified atom stereocenters. The second-order valence-corrected chi connectivity index (χ2v) is 11.1. The zero-order valence-electron chi connectivity index (χ0n) is 28.4. The van der Waals surface area contributed by atoms with Crippen LogP contribution in [0.15, 0.2) is 104 Å². The number of hydrogen-bond acceptors (Lipinski definition) is 6. The molecule has 1 saturated carbocycles. The first kappa shape index (κ1) is 35.5. The largest absolute Gasteiger partial charge is 0.359 e. The highest BCUT2D eigenvalue weighted by Gasteiger charge is 2.19. The highest BCUT2D eigenvalue weighted by molar-refractivity contribution is 5.96. The van der Waals surface area contributed by atoms with Crippen LogP contribution in [0.1, 0.15) is 57.7 Å². The van der Waals surface area contributed by atoms with Crippen molar-refractivity contribution < 1.29 is 4.39 Å². The molecule has 4 heterocycles. The van der Waals surface area contributed by atoms with E-state index in [2.05, 4.69) is 62.8 Å². The van der Waals surface area contributed by atoms with Crippen LogP contribution in [0.5, 0.6) is 0 Å². The van der Waals surface area contributed by atoms with Crippen LogP contribution in [0, 0.1) is 11.7 Å². The maximum Gasteiger partial charge on any atom is 0.178 e. The SMILES string of the molecule is C=C/C(=C\C(=C/C)c1cc2c(-c3nc4nccc(-c5cc(F)cc(CNC)c5)c4[nH]3)n[nH]c2cn1)NC(=C)C1CCCC1.C=C=C.CC. The molecule has 9 heteroatoms. The van der Waals surface area contributed by atoms with E-state index in [1.165, 1.54) is 37.8 Å². The number of fused-ring (bicyclic) bond motifs is 2. The monoisotopic (exact) mass is 644 g/mol. The Morgan fingerprint density at radius 1 is 1.12 bits per heavy atom. The lowest BCUT2D eigenvalue weighted by atomic mass is 10.0. The number of pyridine rings is 2. The standard InChI is InChI=1S/C34H35FN8.C3H4.C2H6/c1-5-22(16-26(6-2)39-20(3)23-9-7-8-10-23)29-17-28-30(19-38-29)42-43-32(28)34-40-31-27(11-12-37-33(31)41-34)24-13-21(18-36-4)14-25(35)15-24;1-3-2;1-2/h5-6,11-17,19,23,36,39H,2-3,7-10,18H2,1,4H3,(H,42,43)(H,37,40,41);1-2H2;1-2H3/b22-5+,26-16+;;. The van der Waals surface area contributed by atoms with E-state index in [0.717, 1.165) is 50.3 Å². The Morgan fingerprint density at radius 3 is 2.56 bits per heavy atom. The van der Waals surface area contributed by atoms with E-state index < -0.39 is 0 Å². The fourth-order valence-corrected chi connectivity index (χ4v) is 5.81. The van der Waals surface area contributed by atoms with Gasteiger partial charge in [0.25, 0.3) is 0 Å². The average Bonchev–Trinajstić information content (AvgIpc) is 3.87. The Kier molecular flexibility index (Phi) is 12.5. The summed E-state index contributed by atoms with van der Waals surface area (Å²) in [7, 11) is 1.84. The van der Waals surface area contributed by atoms with E-state index in [1.54, 1.807) is 12.4 Å². The number of nitrogens with zero attached hydrogens (tertiary/aromatic N) is 4. The topological polar surface area (TPSA) is 107 Å². The lowest BCUT2D eigenvalue weighted by Gasteiger charge is -2.16. The van der Waals surface area contributed by atoms with Crippen molar-refractivity contribution in [2.45, 2.75) is 53.0 Å². The van der Waals surface area contributed by atoms with Crippen molar-refractivity contribution in [3.8, 4) is 22.6 Å². The summed E-state index contributed by atoms with van der Waals surface area (Å²) in [4.78, 5) is 17.3. The molecule has 6 rings (SSSR count). The minimum Gasteiger partial charge on any atom is -0.359 e. The lowest BCUT2D eigenvalue weighted by Crippen LogP contribution is -2.16. The molecular formula is C39H45FN8. The van der Waals surface area contributed by atoms with E-state index in [4.69, 9.17) is 9.97 Å². The van der Waals surface area contributed by atoms with Crippen LogP contribution in [0.25, 0.3) is 50.3 Å². The molecule has 0 bridgehead atoms. The number of allylic oxidation sites excluding steroid dienone is 5. The molecule has 8 nitrogen and oxygen atoms in total. The summed E-state index contributed by atoms with van der Waals surface area (Å²) < 4.78 is 14.5. The fourth-order valence-electron chi connectivity index (χ4n) is 5.81. The van der Waals surface area contributed by atoms with Crippen LogP contribution in [0.2, 0.25) is 0 Å². The molecule has 0 aliphatic heterocycles. The van der Waals surface area contributed by atoms with Gasteiger partial charge in [0.2, 0.25) is 0 Å². The summed E-state index contributed by atoms with van der Waals surface area (Å²) in [6, 6.07) is 8.90. The summed E-state index contributed by atoms with van der Waals surface area (Å²) in [6.45, 7) is 21.1. The third-order valence-corrected chi connectivity index (χ3v) is 8.00. The first-order valence-corrected chi connectivity index (χ1v) is 16.3. The summed E-state index contributed by atoms with van der Waals surface area (Å²) in [5.41, 5.74) is 11.0. The van der Waals surface area contributed by atoms with Crippen molar-refractivity contribution in [3.05, 3.63) is 121 Å². The van der Waals surface area contributed by atoms with Crippen molar-refractivity contribution in [2.75, 3.05) is 7.05 Å². The van der Waals surface area contributed by atoms with Gasteiger partial charge in [-0.05, 0) is 91.9 Å². The van der Waals surface area contributed by atoms with Crippen LogP contribution in [-0.4, -0.2) is 37.2 Å². The average molecular weight is 645 g/mol. The molecule has 0 spiro atoms. The first-order valence-electron chi connectivity index (χ1n) is 16.3. The number of halogens is 1.